The smallest absolute Gasteiger partial charge is 0.0562 e. The average molecular weight is 747 g/mol. The van der Waals surface area contributed by atoms with Crippen LogP contribution in [0.2, 0.25) is 0 Å². The molecular weight excluding hydrogens is 695 g/mol. The minimum Gasteiger partial charge on any atom is -0.309 e. The number of benzene rings is 5. The zero-order valence-electron chi connectivity index (χ0n) is 29.6. The van der Waals surface area contributed by atoms with E-state index in [9.17, 15) is 0 Å². The highest BCUT2D eigenvalue weighted by molar-refractivity contribution is 14.1. The normalized spacial score (nSPS) is 11.5. The SMILES string of the molecule is CC.CCCCCCc1ccc(-n2c3ccc(C)cc3c3cc4c5cc(I)ccc5n(-c5ccc(CCCCCC)cc5)c4cc32)cc1. The zero-order valence-corrected chi connectivity index (χ0v) is 31.7. The van der Waals surface area contributed by atoms with Gasteiger partial charge in [0.2, 0.25) is 0 Å². The Hall–Kier alpha value is -3.57. The number of rotatable bonds is 12. The van der Waals surface area contributed by atoms with Gasteiger partial charge in [0.15, 0.2) is 0 Å². The molecule has 0 spiro atoms. The van der Waals surface area contributed by atoms with Crippen LogP contribution in [0.25, 0.3) is 55.0 Å². The van der Waals surface area contributed by atoms with E-state index >= 15 is 0 Å². The van der Waals surface area contributed by atoms with Crippen molar-refractivity contribution in [1.29, 1.82) is 0 Å². The molecule has 0 N–H and O–H groups in total. The van der Waals surface area contributed by atoms with Crippen molar-refractivity contribution in [3.8, 4) is 11.4 Å². The summed E-state index contributed by atoms with van der Waals surface area (Å²) in [6, 6.07) is 37.4. The molecule has 0 unspecified atom stereocenters. The zero-order chi connectivity index (χ0) is 33.6. The Morgan fingerprint density at radius 3 is 1.42 bits per heavy atom. The number of hydrogen-bond acceptors (Lipinski definition) is 0. The molecule has 2 heterocycles. The third-order valence-corrected chi connectivity index (χ3v) is 10.5. The maximum atomic E-state index is 2.48. The molecule has 0 bridgehead atoms. The molecule has 0 fully saturated rings. The number of halogens is 1. The van der Waals surface area contributed by atoms with Crippen molar-refractivity contribution < 1.29 is 0 Å². The first-order chi connectivity index (χ1) is 23.6. The molecule has 0 saturated heterocycles. The van der Waals surface area contributed by atoms with Crippen LogP contribution < -0.4 is 0 Å². The summed E-state index contributed by atoms with van der Waals surface area (Å²) < 4.78 is 6.23. The molecule has 0 aliphatic rings. The van der Waals surface area contributed by atoms with Crippen molar-refractivity contribution in [3.63, 3.8) is 0 Å². The van der Waals surface area contributed by atoms with Gasteiger partial charge in [0.05, 0.1) is 22.1 Å². The van der Waals surface area contributed by atoms with Crippen molar-refractivity contribution in [1.82, 2.24) is 9.13 Å². The summed E-state index contributed by atoms with van der Waals surface area (Å²) in [6.45, 7) is 10.8. The van der Waals surface area contributed by atoms with Gasteiger partial charge in [0, 0.05) is 36.5 Å². The minimum atomic E-state index is 1.16. The van der Waals surface area contributed by atoms with Crippen molar-refractivity contribution in [2.24, 2.45) is 0 Å². The predicted molar refractivity (Wildman–Crippen MR) is 220 cm³/mol. The van der Waals surface area contributed by atoms with Gasteiger partial charge in [-0.05, 0) is 133 Å². The fraction of sp³-hybridized carbons (Fsp3) is 0.333. The fourth-order valence-corrected chi connectivity index (χ4v) is 7.80. The molecule has 0 saturated carbocycles. The van der Waals surface area contributed by atoms with Crippen LogP contribution in [-0.2, 0) is 12.8 Å². The molecular formula is C45H51IN2. The first-order valence-electron chi connectivity index (χ1n) is 18.4. The molecule has 48 heavy (non-hydrogen) atoms. The van der Waals surface area contributed by atoms with Crippen molar-refractivity contribution in [3.05, 3.63) is 117 Å². The number of aryl methyl sites for hydroxylation is 3. The van der Waals surface area contributed by atoms with Crippen LogP contribution in [0.3, 0.4) is 0 Å². The Morgan fingerprint density at radius 2 is 0.917 bits per heavy atom. The second-order valence-electron chi connectivity index (χ2n) is 13.2. The van der Waals surface area contributed by atoms with E-state index < -0.39 is 0 Å². The summed E-state index contributed by atoms with van der Waals surface area (Å²) in [7, 11) is 0. The predicted octanol–water partition coefficient (Wildman–Crippen LogP) is 14.1. The van der Waals surface area contributed by atoms with Gasteiger partial charge in [-0.2, -0.15) is 0 Å². The standard InChI is InChI=1S/C43H45IN2.C2H6/c1-4-6-8-10-12-31-15-20-34(21-16-31)45-40-24-14-30(3)26-36(40)38-28-39-37-27-33(44)19-25-41(37)46(43(39)29-42(38)45)35-22-17-32(18-23-35)13-11-9-7-5-2;1-2/h14-29H,4-13H2,1-3H3;1-2H3. The molecule has 2 aromatic heterocycles. The lowest BCUT2D eigenvalue weighted by molar-refractivity contribution is 0.667. The number of hydrogen-bond donors (Lipinski definition) is 0. The summed E-state index contributed by atoms with van der Waals surface area (Å²) in [5, 5.41) is 5.26. The molecule has 7 aromatic rings. The molecule has 2 nitrogen and oxygen atoms in total. The van der Waals surface area contributed by atoms with Gasteiger partial charge in [0.1, 0.15) is 0 Å². The summed E-state index contributed by atoms with van der Waals surface area (Å²) in [6.07, 6.45) is 12.7. The van der Waals surface area contributed by atoms with Crippen LogP contribution in [0.5, 0.6) is 0 Å². The molecule has 0 atom stereocenters. The van der Waals surface area contributed by atoms with Crippen LogP contribution in [0.4, 0.5) is 0 Å². The van der Waals surface area contributed by atoms with Gasteiger partial charge in [-0.25, -0.2) is 0 Å². The van der Waals surface area contributed by atoms with E-state index in [0.717, 1.165) is 12.8 Å². The van der Waals surface area contributed by atoms with E-state index in [1.807, 2.05) is 13.8 Å². The van der Waals surface area contributed by atoms with Crippen molar-refractivity contribution >= 4 is 66.2 Å². The van der Waals surface area contributed by atoms with Crippen molar-refractivity contribution in [2.75, 3.05) is 0 Å². The van der Waals surface area contributed by atoms with E-state index in [1.54, 1.807) is 0 Å². The Bertz CT molecular complexity index is 1980. The van der Waals surface area contributed by atoms with Crippen LogP contribution in [0, 0.1) is 10.5 Å². The summed E-state index contributed by atoms with van der Waals surface area (Å²) in [4.78, 5) is 0. The molecule has 7 rings (SSSR count). The number of fused-ring (bicyclic) bond motifs is 6. The largest absolute Gasteiger partial charge is 0.309 e. The van der Waals surface area contributed by atoms with E-state index in [0.29, 0.717) is 0 Å². The average Bonchev–Trinajstić information content (AvgIpc) is 3.60. The van der Waals surface area contributed by atoms with Crippen LogP contribution in [0.1, 0.15) is 95.8 Å². The summed E-state index contributed by atoms with van der Waals surface area (Å²) >= 11 is 2.46. The Morgan fingerprint density at radius 1 is 0.458 bits per heavy atom. The van der Waals surface area contributed by atoms with E-state index in [4.69, 9.17) is 0 Å². The van der Waals surface area contributed by atoms with Crippen LogP contribution in [-0.4, -0.2) is 9.13 Å². The van der Waals surface area contributed by atoms with Crippen LogP contribution >= 0.6 is 22.6 Å². The van der Waals surface area contributed by atoms with Gasteiger partial charge in [-0.1, -0.05) is 102 Å². The lowest BCUT2D eigenvalue weighted by atomic mass is 10.1. The lowest BCUT2D eigenvalue weighted by Gasteiger charge is -2.11. The Kier molecular flexibility index (Phi) is 11.3. The molecule has 0 amide bonds. The highest BCUT2D eigenvalue weighted by Crippen LogP contribution is 2.40. The summed E-state index contributed by atoms with van der Waals surface area (Å²) in [5.74, 6) is 0. The highest BCUT2D eigenvalue weighted by Gasteiger charge is 2.19. The van der Waals surface area contributed by atoms with E-state index in [2.05, 4.69) is 150 Å². The van der Waals surface area contributed by atoms with Crippen molar-refractivity contribution in [2.45, 2.75) is 98.8 Å². The quantitative estimate of drug-likeness (QED) is 0.0870. The maximum absolute atomic E-state index is 2.48. The third-order valence-electron chi connectivity index (χ3n) is 9.80. The maximum Gasteiger partial charge on any atom is 0.0562 e. The second kappa shape index (κ2) is 15.8. The third kappa shape index (κ3) is 6.94. The highest BCUT2D eigenvalue weighted by atomic mass is 127. The molecule has 0 radical (unpaired) electrons. The van der Waals surface area contributed by atoms with Crippen LogP contribution in [0.15, 0.2) is 97.1 Å². The monoisotopic (exact) mass is 746 g/mol. The van der Waals surface area contributed by atoms with Gasteiger partial charge in [-0.3, -0.25) is 0 Å². The number of nitrogens with zero attached hydrogens (tertiary/aromatic N) is 2. The number of aromatic nitrogens is 2. The Balaban J connectivity index is 0.00000197. The topological polar surface area (TPSA) is 9.86 Å². The molecule has 5 aromatic carbocycles. The Labute approximate surface area is 301 Å². The van der Waals surface area contributed by atoms with E-state index in [-0.39, 0.29) is 0 Å². The van der Waals surface area contributed by atoms with Gasteiger partial charge in [0.25, 0.3) is 0 Å². The fourth-order valence-electron chi connectivity index (χ4n) is 7.31. The van der Waals surface area contributed by atoms with Gasteiger partial charge >= 0.3 is 0 Å². The molecule has 3 heteroatoms. The van der Waals surface area contributed by atoms with E-state index in [1.165, 1.54) is 127 Å². The number of unbranched alkanes of at least 4 members (excludes halogenated alkanes) is 6. The summed E-state index contributed by atoms with van der Waals surface area (Å²) in [5.41, 5.74) is 11.7. The van der Waals surface area contributed by atoms with Gasteiger partial charge < -0.3 is 9.13 Å². The molecule has 0 aliphatic heterocycles. The molecule has 248 valence electrons. The first kappa shape index (κ1) is 34.3. The minimum absolute atomic E-state index is 1.16. The lowest BCUT2D eigenvalue weighted by Crippen LogP contribution is -1.97. The first-order valence-corrected chi connectivity index (χ1v) is 19.5. The van der Waals surface area contributed by atoms with Gasteiger partial charge in [-0.15, -0.1) is 0 Å². The second-order valence-corrected chi connectivity index (χ2v) is 14.4. The molecule has 0 aliphatic carbocycles.